The van der Waals surface area contributed by atoms with Crippen molar-refractivity contribution < 1.29 is 4.79 Å². The fourth-order valence-corrected chi connectivity index (χ4v) is 3.44. The molecule has 1 aromatic heterocycles. The second-order valence-corrected chi connectivity index (χ2v) is 6.50. The van der Waals surface area contributed by atoms with Crippen LogP contribution >= 0.6 is 0 Å². The summed E-state index contributed by atoms with van der Waals surface area (Å²) in [4.78, 5) is 19.7. The molecule has 0 unspecified atom stereocenters. The first-order chi connectivity index (χ1) is 11.2. The first-order valence-corrected chi connectivity index (χ1v) is 8.31. The molecule has 122 valence electrons. The Bertz CT molecular complexity index is 628. The van der Waals surface area contributed by atoms with Gasteiger partial charge in [0.15, 0.2) is 0 Å². The number of nitrogens with zero attached hydrogens (tertiary/aromatic N) is 1. The van der Waals surface area contributed by atoms with E-state index in [4.69, 9.17) is 5.73 Å². The number of anilines is 1. The number of carbonyl (C=O) groups excluding carboxylic acids is 1. The largest absolute Gasteiger partial charge is 0.345 e. The summed E-state index contributed by atoms with van der Waals surface area (Å²) in [7, 11) is 0. The fraction of sp³-hybridized carbons (Fsp3) is 0.444. The van der Waals surface area contributed by atoms with Crippen molar-refractivity contribution in [3.63, 3.8) is 0 Å². The third-order valence-corrected chi connectivity index (χ3v) is 4.82. The van der Waals surface area contributed by atoms with E-state index in [1.807, 2.05) is 24.3 Å². The van der Waals surface area contributed by atoms with Crippen molar-refractivity contribution in [3.05, 3.63) is 36.7 Å². The van der Waals surface area contributed by atoms with E-state index in [-0.39, 0.29) is 11.3 Å². The Balaban J connectivity index is 1.61. The van der Waals surface area contributed by atoms with Crippen LogP contribution in [0, 0.1) is 5.41 Å². The molecule has 1 heterocycles. The Morgan fingerprint density at radius 1 is 1.22 bits per heavy atom. The summed E-state index contributed by atoms with van der Waals surface area (Å²) in [5.74, 6) is 0.885. The van der Waals surface area contributed by atoms with E-state index in [9.17, 15) is 4.79 Å². The Morgan fingerprint density at radius 3 is 2.57 bits per heavy atom. The van der Waals surface area contributed by atoms with Gasteiger partial charge in [-0.05, 0) is 49.1 Å². The zero-order valence-corrected chi connectivity index (χ0v) is 13.3. The maximum absolute atomic E-state index is 12.4. The number of aromatic amines is 1. The zero-order valence-electron chi connectivity index (χ0n) is 13.3. The van der Waals surface area contributed by atoms with Gasteiger partial charge in [-0.25, -0.2) is 4.98 Å². The molecule has 1 saturated carbocycles. The van der Waals surface area contributed by atoms with Gasteiger partial charge in [0.2, 0.25) is 5.91 Å². The van der Waals surface area contributed by atoms with Gasteiger partial charge in [-0.2, -0.15) is 0 Å². The summed E-state index contributed by atoms with van der Waals surface area (Å²) < 4.78 is 0. The van der Waals surface area contributed by atoms with Crippen LogP contribution in [0.2, 0.25) is 0 Å². The van der Waals surface area contributed by atoms with Gasteiger partial charge in [-0.15, -0.1) is 0 Å². The molecular formula is C18H24N4O. The number of benzene rings is 1. The van der Waals surface area contributed by atoms with Gasteiger partial charge in [-0.1, -0.05) is 19.3 Å². The molecule has 23 heavy (non-hydrogen) atoms. The summed E-state index contributed by atoms with van der Waals surface area (Å²) >= 11 is 0. The highest BCUT2D eigenvalue weighted by Gasteiger charge is 2.32. The minimum absolute atomic E-state index is 0.00353. The minimum Gasteiger partial charge on any atom is -0.345 e. The molecular weight excluding hydrogens is 288 g/mol. The minimum atomic E-state index is -0.00353. The zero-order chi connectivity index (χ0) is 16.1. The molecule has 0 spiro atoms. The van der Waals surface area contributed by atoms with E-state index in [1.165, 1.54) is 19.3 Å². The second-order valence-electron chi connectivity index (χ2n) is 6.50. The van der Waals surface area contributed by atoms with Crippen LogP contribution in [0.3, 0.4) is 0 Å². The van der Waals surface area contributed by atoms with Gasteiger partial charge in [0.25, 0.3) is 0 Å². The number of hydrogen-bond acceptors (Lipinski definition) is 3. The van der Waals surface area contributed by atoms with Gasteiger partial charge < -0.3 is 16.0 Å². The number of nitrogens with two attached hydrogens (primary N) is 1. The third kappa shape index (κ3) is 3.79. The quantitative estimate of drug-likeness (QED) is 0.792. The summed E-state index contributed by atoms with van der Waals surface area (Å²) in [5.41, 5.74) is 7.77. The van der Waals surface area contributed by atoms with Crippen LogP contribution in [0.25, 0.3) is 11.4 Å². The summed E-state index contributed by atoms with van der Waals surface area (Å²) in [6.45, 7) is 0.595. The number of imidazole rings is 1. The lowest BCUT2D eigenvalue weighted by Crippen LogP contribution is -2.36. The van der Waals surface area contributed by atoms with Gasteiger partial charge in [0.05, 0.1) is 0 Å². The molecule has 5 nitrogen and oxygen atoms in total. The van der Waals surface area contributed by atoms with Gasteiger partial charge >= 0.3 is 0 Å². The lowest BCUT2D eigenvalue weighted by molar-refractivity contribution is -0.118. The Labute approximate surface area is 136 Å². The van der Waals surface area contributed by atoms with Gasteiger partial charge in [-0.3, -0.25) is 4.79 Å². The molecule has 0 bridgehead atoms. The molecule has 2 aromatic rings. The van der Waals surface area contributed by atoms with Crippen molar-refractivity contribution in [1.29, 1.82) is 0 Å². The molecule has 0 saturated heterocycles. The molecule has 1 aromatic carbocycles. The van der Waals surface area contributed by atoms with Crippen LogP contribution < -0.4 is 11.1 Å². The Kier molecular flexibility index (Phi) is 4.76. The smallest absolute Gasteiger partial charge is 0.224 e. The predicted octanol–water partition coefficient (Wildman–Crippen LogP) is 3.31. The summed E-state index contributed by atoms with van der Waals surface area (Å²) in [6, 6.07) is 7.72. The van der Waals surface area contributed by atoms with Crippen molar-refractivity contribution in [3.8, 4) is 11.4 Å². The van der Waals surface area contributed by atoms with Crippen LogP contribution in [0.15, 0.2) is 36.7 Å². The maximum Gasteiger partial charge on any atom is 0.224 e. The van der Waals surface area contributed by atoms with E-state index in [0.29, 0.717) is 13.0 Å². The van der Waals surface area contributed by atoms with Crippen LogP contribution in [0.5, 0.6) is 0 Å². The summed E-state index contributed by atoms with van der Waals surface area (Å²) in [6.07, 6.45) is 9.79. The summed E-state index contributed by atoms with van der Waals surface area (Å²) in [5, 5.41) is 3.00. The monoisotopic (exact) mass is 312 g/mol. The molecule has 4 N–H and O–H groups in total. The maximum atomic E-state index is 12.4. The number of aromatic nitrogens is 2. The SMILES string of the molecule is NCC1(CC(=O)Nc2ccc(-c3ncc[nH]3)cc2)CCCCC1. The highest BCUT2D eigenvalue weighted by molar-refractivity contribution is 5.91. The lowest BCUT2D eigenvalue weighted by atomic mass is 9.71. The molecule has 0 aliphatic heterocycles. The predicted molar refractivity (Wildman–Crippen MR) is 91.8 cm³/mol. The Morgan fingerprint density at radius 2 is 1.96 bits per heavy atom. The van der Waals surface area contributed by atoms with Crippen LogP contribution in [0.1, 0.15) is 38.5 Å². The molecule has 0 atom stereocenters. The number of amides is 1. The molecule has 0 radical (unpaired) electrons. The van der Waals surface area contributed by atoms with E-state index in [1.54, 1.807) is 12.4 Å². The number of hydrogen-bond donors (Lipinski definition) is 3. The third-order valence-electron chi connectivity index (χ3n) is 4.82. The normalized spacial score (nSPS) is 16.9. The molecule has 1 amide bonds. The molecule has 1 aliphatic rings. The van der Waals surface area contributed by atoms with Crippen molar-refractivity contribution in [1.82, 2.24) is 9.97 Å². The average Bonchev–Trinajstić information content (AvgIpc) is 3.11. The number of nitrogens with one attached hydrogen (secondary N) is 2. The number of rotatable bonds is 5. The van der Waals surface area contributed by atoms with E-state index < -0.39 is 0 Å². The number of carbonyl (C=O) groups is 1. The van der Waals surface area contributed by atoms with Crippen molar-refractivity contribution in [2.75, 3.05) is 11.9 Å². The van der Waals surface area contributed by atoms with Crippen molar-refractivity contribution >= 4 is 11.6 Å². The van der Waals surface area contributed by atoms with Gasteiger partial charge in [0, 0.05) is 30.1 Å². The first kappa shape index (κ1) is 15.7. The first-order valence-electron chi connectivity index (χ1n) is 8.31. The number of H-pyrrole nitrogens is 1. The molecule has 1 aliphatic carbocycles. The highest BCUT2D eigenvalue weighted by Crippen LogP contribution is 2.38. The van der Waals surface area contributed by atoms with Crippen molar-refractivity contribution in [2.24, 2.45) is 11.1 Å². The standard InChI is InChI=1S/C18H24N4O/c19-13-18(8-2-1-3-9-18)12-16(23)22-15-6-4-14(5-7-15)17-20-10-11-21-17/h4-7,10-11H,1-3,8-9,12-13,19H2,(H,20,21)(H,22,23). The molecule has 5 heteroatoms. The van der Waals surface area contributed by atoms with E-state index in [2.05, 4.69) is 15.3 Å². The molecule has 3 rings (SSSR count). The Hall–Kier alpha value is -2.14. The van der Waals surface area contributed by atoms with Crippen molar-refractivity contribution in [2.45, 2.75) is 38.5 Å². The van der Waals surface area contributed by atoms with E-state index in [0.717, 1.165) is 29.9 Å². The lowest BCUT2D eigenvalue weighted by Gasteiger charge is -2.35. The van der Waals surface area contributed by atoms with Gasteiger partial charge in [0.1, 0.15) is 5.82 Å². The molecule has 1 fully saturated rings. The van der Waals surface area contributed by atoms with Crippen LogP contribution in [-0.2, 0) is 4.79 Å². The average molecular weight is 312 g/mol. The fourth-order valence-electron chi connectivity index (χ4n) is 3.44. The topological polar surface area (TPSA) is 83.8 Å². The van der Waals surface area contributed by atoms with E-state index >= 15 is 0 Å². The van der Waals surface area contributed by atoms with Crippen LogP contribution in [-0.4, -0.2) is 22.4 Å². The second kappa shape index (κ2) is 6.96. The van der Waals surface area contributed by atoms with Crippen LogP contribution in [0.4, 0.5) is 5.69 Å². The highest BCUT2D eigenvalue weighted by atomic mass is 16.1.